The Bertz CT molecular complexity index is 408. The molecule has 0 unspecified atom stereocenters. The molecule has 2 aromatic rings. The van der Waals surface area contributed by atoms with Crippen molar-refractivity contribution in [2.24, 2.45) is 0 Å². The molecule has 0 atom stereocenters. The van der Waals surface area contributed by atoms with Gasteiger partial charge in [0, 0.05) is 12.7 Å². The first-order chi connectivity index (χ1) is 6.93. The zero-order chi connectivity index (χ0) is 9.38. The third-order valence-electron chi connectivity index (χ3n) is 2.36. The highest BCUT2D eigenvalue weighted by Gasteiger charge is 2.14. The van der Waals surface area contributed by atoms with Gasteiger partial charge in [0.05, 0.1) is 11.9 Å². The minimum atomic E-state index is 0.527. The molecule has 0 fully saturated rings. The maximum atomic E-state index is 5.17. The van der Waals surface area contributed by atoms with Crippen LogP contribution in [0.4, 0.5) is 0 Å². The first-order valence-electron chi connectivity index (χ1n) is 4.61. The van der Waals surface area contributed by atoms with E-state index in [0.29, 0.717) is 6.01 Å². The second kappa shape index (κ2) is 2.95. The van der Waals surface area contributed by atoms with Crippen molar-refractivity contribution in [3.63, 3.8) is 0 Å². The van der Waals surface area contributed by atoms with Crippen LogP contribution in [0.25, 0.3) is 6.01 Å². The highest BCUT2D eigenvalue weighted by molar-refractivity contribution is 5.22. The van der Waals surface area contributed by atoms with Gasteiger partial charge in [0.2, 0.25) is 0 Å². The summed E-state index contributed by atoms with van der Waals surface area (Å²) in [5, 5.41) is 7.66. The fraction of sp³-hybridized carbons (Fsp3) is 0.333. The van der Waals surface area contributed by atoms with Crippen LogP contribution in [0.5, 0.6) is 0 Å². The van der Waals surface area contributed by atoms with Gasteiger partial charge < -0.3 is 9.73 Å². The van der Waals surface area contributed by atoms with Crippen molar-refractivity contribution < 1.29 is 4.42 Å². The molecule has 5 nitrogen and oxygen atoms in total. The number of rotatable bonds is 1. The van der Waals surface area contributed by atoms with Crippen molar-refractivity contribution in [1.29, 1.82) is 0 Å². The van der Waals surface area contributed by atoms with Crippen molar-refractivity contribution >= 4 is 0 Å². The lowest BCUT2D eigenvalue weighted by Crippen LogP contribution is -2.22. The van der Waals surface area contributed by atoms with E-state index in [-0.39, 0.29) is 0 Å². The zero-order valence-corrected chi connectivity index (χ0v) is 7.60. The average molecular weight is 190 g/mol. The largest absolute Gasteiger partial charge is 0.431 e. The molecule has 0 bridgehead atoms. The summed E-state index contributed by atoms with van der Waals surface area (Å²) in [6.07, 6.45) is 6.18. The Labute approximate surface area is 80.7 Å². The minimum absolute atomic E-state index is 0.527. The Kier molecular flexibility index (Phi) is 1.63. The topological polar surface area (TPSA) is 55.9 Å². The summed E-state index contributed by atoms with van der Waals surface area (Å²) in [5.74, 6) is 0. The van der Waals surface area contributed by atoms with E-state index in [9.17, 15) is 0 Å². The Morgan fingerprint density at radius 1 is 1.50 bits per heavy atom. The van der Waals surface area contributed by atoms with Crippen LogP contribution in [-0.4, -0.2) is 21.3 Å². The van der Waals surface area contributed by atoms with Gasteiger partial charge in [-0.3, -0.25) is 0 Å². The summed E-state index contributed by atoms with van der Waals surface area (Å²) in [4.78, 5) is 4.04. The molecule has 0 aliphatic carbocycles. The maximum absolute atomic E-state index is 5.17. The number of oxazole rings is 1. The lowest BCUT2D eigenvalue weighted by Gasteiger charge is -2.09. The first-order valence-corrected chi connectivity index (χ1v) is 4.61. The summed E-state index contributed by atoms with van der Waals surface area (Å²) in [5.41, 5.74) is 2.37. The molecule has 1 N–H and O–H groups in total. The standard InChI is InChI=1S/C9H10N4O/c1-2-10-5-8-7(1)6-13(12-8)9-11-3-4-14-9/h3-4,6,10H,1-2,5H2. The summed E-state index contributed by atoms with van der Waals surface area (Å²) in [6, 6.07) is 0.527. The molecule has 3 rings (SSSR count). The van der Waals surface area contributed by atoms with Crippen LogP contribution in [-0.2, 0) is 13.0 Å². The Balaban J connectivity index is 2.04. The lowest BCUT2D eigenvalue weighted by molar-refractivity contribution is 0.507. The van der Waals surface area contributed by atoms with Crippen molar-refractivity contribution in [2.45, 2.75) is 13.0 Å². The molecule has 5 heteroatoms. The van der Waals surface area contributed by atoms with Gasteiger partial charge in [-0.25, -0.2) is 4.98 Å². The Hall–Kier alpha value is -1.62. The predicted octanol–water partition coefficient (Wildman–Crippen LogP) is 0.506. The molecule has 0 saturated carbocycles. The summed E-state index contributed by atoms with van der Waals surface area (Å²) >= 11 is 0. The monoisotopic (exact) mass is 190 g/mol. The van der Waals surface area contributed by atoms with E-state index in [1.54, 1.807) is 17.1 Å². The van der Waals surface area contributed by atoms with E-state index >= 15 is 0 Å². The van der Waals surface area contributed by atoms with Crippen LogP contribution in [0, 0.1) is 0 Å². The van der Waals surface area contributed by atoms with Gasteiger partial charge in [0.1, 0.15) is 6.26 Å². The summed E-state index contributed by atoms with van der Waals surface area (Å²) in [7, 11) is 0. The normalized spacial score (nSPS) is 15.4. The molecule has 0 amide bonds. The highest BCUT2D eigenvalue weighted by Crippen LogP contribution is 2.14. The van der Waals surface area contributed by atoms with E-state index < -0.39 is 0 Å². The zero-order valence-electron chi connectivity index (χ0n) is 7.60. The molecule has 1 aliphatic rings. The second-order valence-corrected chi connectivity index (χ2v) is 3.29. The van der Waals surface area contributed by atoms with E-state index in [0.717, 1.165) is 25.2 Å². The number of nitrogens with one attached hydrogen (secondary N) is 1. The predicted molar refractivity (Wildman–Crippen MR) is 49.0 cm³/mol. The molecule has 0 radical (unpaired) electrons. The second-order valence-electron chi connectivity index (χ2n) is 3.29. The molecule has 0 saturated heterocycles. The number of aromatic nitrogens is 3. The molecular formula is C9H10N4O. The van der Waals surface area contributed by atoms with Gasteiger partial charge >= 0.3 is 6.01 Å². The van der Waals surface area contributed by atoms with Crippen molar-refractivity contribution in [1.82, 2.24) is 20.1 Å². The highest BCUT2D eigenvalue weighted by atomic mass is 16.4. The van der Waals surface area contributed by atoms with Crippen LogP contribution in [0.3, 0.4) is 0 Å². The van der Waals surface area contributed by atoms with Crippen LogP contribution in [0.2, 0.25) is 0 Å². The Morgan fingerprint density at radius 2 is 2.50 bits per heavy atom. The Morgan fingerprint density at radius 3 is 3.29 bits per heavy atom. The van der Waals surface area contributed by atoms with Crippen LogP contribution in [0.1, 0.15) is 11.3 Å². The van der Waals surface area contributed by atoms with Gasteiger partial charge in [-0.2, -0.15) is 9.78 Å². The first kappa shape index (κ1) is 7.75. The lowest BCUT2D eigenvalue weighted by atomic mass is 10.1. The van der Waals surface area contributed by atoms with Crippen LogP contribution >= 0.6 is 0 Å². The summed E-state index contributed by atoms with van der Waals surface area (Å²) in [6.45, 7) is 1.85. The molecule has 14 heavy (non-hydrogen) atoms. The van der Waals surface area contributed by atoms with Gasteiger partial charge in [-0.1, -0.05) is 0 Å². The molecule has 0 aromatic carbocycles. The number of fused-ring (bicyclic) bond motifs is 1. The minimum Gasteiger partial charge on any atom is -0.431 e. The smallest absolute Gasteiger partial charge is 0.322 e. The van der Waals surface area contributed by atoms with Crippen molar-refractivity contribution in [3.05, 3.63) is 29.9 Å². The van der Waals surface area contributed by atoms with Crippen molar-refractivity contribution in [2.75, 3.05) is 6.54 Å². The molecular weight excluding hydrogens is 180 g/mol. The average Bonchev–Trinajstić information content (AvgIpc) is 2.86. The summed E-state index contributed by atoms with van der Waals surface area (Å²) < 4.78 is 6.86. The fourth-order valence-electron chi connectivity index (χ4n) is 1.66. The molecule has 3 heterocycles. The molecule has 0 spiro atoms. The maximum Gasteiger partial charge on any atom is 0.322 e. The third kappa shape index (κ3) is 1.13. The van der Waals surface area contributed by atoms with Crippen LogP contribution < -0.4 is 5.32 Å². The van der Waals surface area contributed by atoms with Gasteiger partial charge in [0.15, 0.2) is 0 Å². The molecule has 2 aromatic heterocycles. The van der Waals surface area contributed by atoms with E-state index in [1.165, 1.54) is 5.56 Å². The van der Waals surface area contributed by atoms with Gasteiger partial charge in [-0.05, 0) is 18.5 Å². The quantitative estimate of drug-likeness (QED) is 0.711. The van der Waals surface area contributed by atoms with Gasteiger partial charge in [-0.15, -0.1) is 0 Å². The molecule has 72 valence electrons. The third-order valence-corrected chi connectivity index (χ3v) is 2.36. The van der Waals surface area contributed by atoms with E-state index in [1.807, 2.05) is 6.20 Å². The van der Waals surface area contributed by atoms with Crippen molar-refractivity contribution in [3.8, 4) is 6.01 Å². The fourth-order valence-corrected chi connectivity index (χ4v) is 1.66. The van der Waals surface area contributed by atoms with E-state index in [2.05, 4.69) is 15.4 Å². The van der Waals surface area contributed by atoms with E-state index in [4.69, 9.17) is 4.42 Å². The molecule has 1 aliphatic heterocycles. The number of hydrogen-bond donors (Lipinski definition) is 1. The van der Waals surface area contributed by atoms with Crippen LogP contribution in [0.15, 0.2) is 23.1 Å². The van der Waals surface area contributed by atoms with Gasteiger partial charge in [0.25, 0.3) is 0 Å². The SMILES string of the molecule is c1coc(-n2cc3c(n2)CNCC3)n1. The number of hydrogen-bond acceptors (Lipinski definition) is 4. The number of nitrogens with zero attached hydrogens (tertiary/aromatic N) is 3.